The first-order valence-electron chi connectivity index (χ1n) is 9.86. The van der Waals surface area contributed by atoms with Gasteiger partial charge in [-0.05, 0) is 18.2 Å². The van der Waals surface area contributed by atoms with Crippen molar-refractivity contribution in [2.45, 2.75) is 6.54 Å². The zero-order valence-electron chi connectivity index (χ0n) is 16.7. The normalized spacial score (nSPS) is 10.9. The number of hydrogen-bond donors (Lipinski definition) is 0. The quantitative estimate of drug-likeness (QED) is 0.392. The number of benzene rings is 3. The predicted octanol–water partition coefficient (Wildman–Crippen LogP) is 4.72. The summed E-state index contributed by atoms with van der Waals surface area (Å²) in [5.41, 5.74) is 2.95. The lowest BCUT2D eigenvalue weighted by Crippen LogP contribution is -2.27. The Kier molecular flexibility index (Phi) is 5.31. The molecule has 0 fully saturated rings. The Hall–Kier alpha value is -4.10. The molecule has 5 aromatic rings. The van der Waals surface area contributed by atoms with Gasteiger partial charge in [-0.15, -0.1) is 10.2 Å². The van der Waals surface area contributed by atoms with Gasteiger partial charge in [0.2, 0.25) is 11.8 Å². The first kappa shape index (κ1) is 19.8. The largest absolute Gasteiger partial charge is 0.419 e. The molecule has 0 aliphatic carbocycles. The van der Waals surface area contributed by atoms with Crippen LogP contribution in [-0.2, 0) is 6.54 Å². The molecular formula is C24H16ClN5O2. The minimum Gasteiger partial charge on any atom is -0.419 e. The first-order chi connectivity index (χ1) is 15.7. The minimum absolute atomic E-state index is 0.00565. The summed E-state index contributed by atoms with van der Waals surface area (Å²) in [6, 6.07) is 26.2. The van der Waals surface area contributed by atoms with Gasteiger partial charge in [0.15, 0.2) is 0 Å². The van der Waals surface area contributed by atoms with Crippen molar-refractivity contribution in [3.8, 4) is 34.0 Å². The number of rotatable bonds is 5. The molecule has 0 aliphatic rings. The van der Waals surface area contributed by atoms with Gasteiger partial charge >= 0.3 is 5.69 Å². The highest BCUT2D eigenvalue weighted by Gasteiger charge is 2.17. The van der Waals surface area contributed by atoms with E-state index in [0.29, 0.717) is 27.9 Å². The second kappa shape index (κ2) is 8.56. The fourth-order valence-corrected chi connectivity index (χ4v) is 3.48. The monoisotopic (exact) mass is 441 g/mol. The molecule has 0 unspecified atom stereocenters. The SMILES string of the molecule is O=c1nc(-c2ccccc2)c(-c2ccccc2)nn1Cc1nnc(-c2cccc(Cl)c2)o1. The highest BCUT2D eigenvalue weighted by molar-refractivity contribution is 6.30. The highest BCUT2D eigenvalue weighted by atomic mass is 35.5. The third kappa shape index (κ3) is 4.06. The molecule has 7 nitrogen and oxygen atoms in total. The summed E-state index contributed by atoms with van der Waals surface area (Å²) in [6.45, 7) is -0.00565. The number of aromatic nitrogens is 5. The van der Waals surface area contributed by atoms with Crippen molar-refractivity contribution in [3.63, 3.8) is 0 Å². The zero-order valence-corrected chi connectivity index (χ0v) is 17.5. The molecule has 2 heterocycles. The number of halogens is 1. The fraction of sp³-hybridized carbons (Fsp3) is 0.0417. The molecule has 32 heavy (non-hydrogen) atoms. The molecule has 3 aromatic carbocycles. The summed E-state index contributed by atoms with van der Waals surface area (Å²) in [6.07, 6.45) is 0. The van der Waals surface area contributed by atoms with Crippen LogP contribution in [0.4, 0.5) is 0 Å². The van der Waals surface area contributed by atoms with Crippen LogP contribution in [0.2, 0.25) is 5.02 Å². The van der Waals surface area contributed by atoms with Crippen molar-refractivity contribution in [1.29, 1.82) is 0 Å². The zero-order chi connectivity index (χ0) is 21.9. The molecule has 0 N–H and O–H groups in total. The molecular weight excluding hydrogens is 426 g/mol. The summed E-state index contributed by atoms with van der Waals surface area (Å²) in [4.78, 5) is 17.1. The molecule has 0 aliphatic heterocycles. The second-order valence-electron chi connectivity index (χ2n) is 6.99. The summed E-state index contributed by atoms with van der Waals surface area (Å²) in [5.74, 6) is 0.551. The lowest BCUT2D eigenvalue weighted by atomic mass is 10.0. The lowest BCUT2D eigenvalue weighted by Gasteiger charge is -2.10. The maximum Gasteiger partial charge on any atom is 0.365 e. The van der Waals surface area contributed by atoms with Crippen LogP contribution < -0.4 is 5.69 Å². The number of hydrogen-bond acceptors (Lipinski definition) is 6. The Bertz CT molecular complexity index is 1430. The average molecular weight is 442 g/mol. The predicted molar refractivity (Wildman–Crippen MR) is 121 cm³/mol. The van der Waals surface area contributed by atoms with E-state index in [0.717, 1.165) is 11.1 Å². The Morgan fingerprint density at radius 3 is 2.12 bits per heavy atom. The highest BCUT2D eigenvalue weighted by Crippen LogP contribution is 2.27. The fourth-order valence-electron chi connectivity index (χ4n) is 3.29. The Balaban J connectivity index is 1.55. The van der Waals surface area contributed by atoms with Crippen molar-refractivity contribution < 1.29 is 4.42 Å². The van der Waals surface area contributed by atoms with E-state index < -0.39 is 5.69 Å². The van der Waals surface area contributed by atoms with Gasteiger partial charge in [-0.25, -0.2) is 9.48 Å². The summed E-state index contributed by atoms with van der Waals surface area (Å²) in [7, 11) is 0. The van der Waals surface area contributed by atoms with Gasteiger partial charge < -0.3 is 4.42 Å². The van der Waals surface area contributed by atoms with Gasteiger partial charge in [0.05, 0.1) is 0 Å². The summed E-state index contributed by atoms with van der Waals surface area (Å²) in [5, 5.41) is 13.3. The van der Waals surface area contributed by atoms with Crippen LogP contribution in [0.25, 0.3) is 34.0 Å². The van der Waals surface area contributed by atoms with Gasteiger partial charge in [-0.2, -0.15) is 10.1 Å². The molecule has 0 spiro atoms. The van der Waals surface area contributed by atoms with Crippen molar-refractivity contribution in [2.24, 2.45) is 0 Å². The first-order valence-corrected chi connectivity index (χ1v) is 10.2. The molecule has 0 bridgehead atoms. The Morgan fingerprint density at radius 1 is 0.781 bits per heavy atom. The van der Waals surface area contributed by atoms with Crippen LogP contribution in [0.3, 0.4) is 0 Å². The van der Waals surface area contributed by atoms with Crippen LogP contribution in [0, 0.1) is 0 Å². The van der Waals surface area contributed by atoms with Crippen molar-refractivity contribution in [2.75, 3.05) is 0 Å². The maximum absolute atomic E-state index is 12.8. The van der Waals surface area contributed by atoms with E-state index >= 15 is 0 Å². The van der Waals surface area contributed by atoms with Crippen molar-refractivity contribution >= 4 is 11.6 Å². The second-order valence-corrected chi connectivity index (χ2v) is 7.43. The third-order valence-electron chi connectivity index (χ3n) is 4.79. The third-order valence-corrected chi connectivity index (χ3v) is 5.03. The molecule has 0 saturated heterocycles. The molecule has 0 radical (unpaired) electrons. The van der Waals surface area contributed by atoms with Crippen LogP contribution in [0.15, 0.2) is 94.1 Å². The molecule has 5 rings (SSSR count). The van der Waals surface area contributed by atoms with E-state index in [1.54, 1.807) is 18.2 Å². The molecule has 0 saturated carbocycles. The smallest absolute Gasteiger partial charge is 0.365 e. The van der Waals surface area contributed by atoms with Gasteiger partial charge in [-0.3, -0.25) is 0 Å². The van der Waals surface area contributed by atoms with E-state index in [4.69, 9.17) is 16.0 Å². The molecule has 0 atom stereocenters. The average Bonchev–Trinajstić information content (AvgIpc) is 3.30. The van der Waals surface area contributed by atoms with Crippen molar-refractivity contribution in [1.82, 2.24) is 25.0 Å². The lowest BCUT2D eigenvalue weighted by molar-refractivity contribution is 0.462. The van der Waals surface area contributed by atoms with Crippen LogP contribution in [0.1, 0.15) is 5.89 Å². The van der Waals surface area contributed by atoms with E-state index in [1.165, 1.54) is 4.68 Å². The van der Waals surface area contributed by atoms with Gasteiger partial charge in [0, 0.05) is 21.7 Å². The molecule has 2 aromatic heterocycles. The van der Waals surface area contributed by atoms with E-state index in [9.17, 15) is 4.79 Å². The number of nitrogens with zero attached hydrogens (tertiary/aromatic N) is 5. The topological polar surface area (TPSA) is 86.7 Å². The summed E-state index contributed by atoms with van der Waals surface area (Å²) >= 11 is 6.04. The van der Waals surface area contributed by atoms with Gasteiger partial charge in [-0.1, -0.05) is 78.3 Å². The van der Waals surface area contributed by atoms with Crippen LogP contribution in [-0.4, -0.2) is 25.0 Å². The van der Waals surface area contributed by atoms with Crippen molar-refractivity contribution in [3.05, 3.63) is 106 Å². The van der Waals surface area contributed by atoms with E-state index in [-0.39, 0.29) is 12.4 Å². The minimum atomic E-state index is -0.508. The van der Waals surface area contributed by atoms with Gasteiger partial charge in [0.1, 0.15) is 17.9 Å². The van der Waals surface area contributed by atoms with Crippen LogP contribution in [0.5, 0.6) is 0 Å². The molecule has 156 valence electrons. The standard InChI is InChI=1S/C24H16ClN5O2/c25-19-13-7-12-18(14-19)23-28-27-20(32-23)15-30-24(31)26-21(16-8-3-1-4-9-16)22(29-30)17-10-5-2-6-11-17/h1-14H,15H2. The maximum atomic E-state index is 12.8. The summed E-state index contributed by atoms with van der Waals surface area (Å²) < 4.78 is 6.96. The Morgan fingerprint density at radius 2 is 1.44 bits per heavy atom. The van der Waals surface area contributed by atoms with E-state index in [2.05, 4.69) is 20.3 Å². The molecule has 8 heteroatoms. The Labute approximate surface area is 188 Å². The van der Waals surface area contributed by atoms with Gasteiger partial charge in [0.25, 0.3) is 0 Å². The van der Waals surface area contributed by atoms with E-state index in [1.807, 2.05) is 66.7 Å². The van der Waals surface area contributed by atoms with Crippen LogP contribution >= 0.6 is 11.6 Å². The molecule has 0 amide bonds.